The van der Waals surface area contributed by atoms with Crippen molar-refractivity contribution in [3.05, 3.63) is 0 Å². The average molecular weight is 320 g/mol. The fourth-order valence-electron chi connectivity index (χ4n) is 2.04. The highest BCUT2D eigenvalue weighted by molar-refractivity contribution is 5.69. The van der Waals surface area contributed by atoms with Gasteiger partial charge in [0.1, 0.15) is 0 Å². The Morgan fingerprint density at radius 2 is 1.27 bits per heavy atom. The highest BCUT2D eigenvalue weighted by Gasteiger charge is 2.02. The lowest BCUT2D eigenvalue weighted by atomic mass is 10.1. The van der Waals surface area contributed by atoms with Crippen LogP contribution in [0.2, 0.25) is 0 Å². The lowest BCUT2D eigenvalue weighted by molar-refractivity contribution is -0.144. The maximum absolute atomic E-state index is 11.4. The molecule has 0 amide bonds. The predicted octanol–water partition coefficient (Wildman–Crippen LogP) is 4.64. The van der Waals surface area contributed by atoms with Gasteiger partial charge in [0.15, 0.2) is 0 Å². The number of carbonyl (C=O) groups excluding carboxylic acids is 1. The molecule has 0 bridgehead atoms. The summed E-state index contributed by atoms with van der Waals surface area (Å²) in [4.78, 5) is 21.7. The fourth-order valence-corrected chi connectivity index (χ4v) is 2.04. The van der Waals surface area contributed by atoms with E-state index in [1.165, 1.54) is 12.8 Å². The number of rotatable bonds is 14. The monoisotopic (exact) mass is 320 g/mol. The van der Waals surface area contributed by atoms with Gasteiger partial charge < -0.3 is 22.1 Å². The standard InChI is InChI=1S/C16H30O4.2H3N/c1-2-3-4-11-14-20-16(19)13-10-8-6-5-7-9-12-15(17)18;;/h2-14H2,1H3,(H,17,18);2*1H3. The number of carbonyl (C=O) groups is 2. The highest BCUT2D eigenvalue weighted by Crippen LogP contribution is 2.09. The summed E-state index contributed by atoms with van der Waals surface area (Å²) in [5.74, 6) is -0.793. The molecule has 0 rings (SSSR count). The molecule has 22 heavy (non-hydrogen) atoms. The SMILES string of the molecule is CCCCCCOC(=O)CCCCCCCCC(=O)O.N.N. The average Bonchev–Trinajstić information content (AvgIpc) is 2.41. The number of ether oxygens (including phenoxy) is 1. The number of carboxylic acid groups (broad SMARTS) is 1. The van der Waals surface area contributed by atoms with E-state index in [0.717, 1.165) is 51.4 Å². The molecule has 0 saturated carbocycles. The second-order valence-corrected chi connectivity index (χ2v) is 5.30. The van der Waals surface area contributed by atoms with Crippen LogP contribution in [0, 0.1) is 0 Å². The van der Waals surface area contributed by atoms with Crippen LogP contribution in [0.3, 0.4) is 0 Å². The zero-order valence-corrected chi connectivity index (χ0v) is 14.3. The van der Waals surface area contributed by atoms with Crippen molar-refractivity contribution in [2.24, 2.45) is 0 Å². The Hall–Kier alpha value is -1.14. The first-order valence-electron chi connectivity index (χ1n) is 8.04. The molecule has 134 valence electrons. The molecule has 0 aromatic carbocycles. The lowest BCUT2D eigenvalue weighted by Gasteiger charge is -2.04. The summed E-state index contributed by atoms with van der Waals surface area (Å²) < 4.78 is 5.16. The van der Waals surface area contributed by atoms with Crippen LogP contribution in [-0.4, -0.2) is 23.7 Å². The van der Waals surface area contributed by atoms with E-state index in [1.807, 2.05) is 0 Å². The first-order valence-corrected chi connectivity index (χ1v) is 8.04. The second kappa shape index (κ2) is 19.9. The van der Waals surface area contributed by atoms with Crippen LogP contribution in [-0.2, 0) is 14.3 Å². The summed E-state index contributed by atoms with van der Waals surface area (Å²) in [6.07, 6.45) is 11.1. The van der Waals surface area contributed by atoms with Crippen molar-refractivity contribution in [1.29, 1.82) is 0 Å². The molecule has 0 aliphatic carbocycles. The molecule has 0 aromatic rings. The topological polar surface area (TPSA) is 134 Å². The molecule has 0 fully saturated rings. The Bertz CT molecular complexity index is 261. The van der Waals surface area contributed by atoms with Gasteiger partial charge in [-0.3, -0.25) is 9.59 Å². The molecule has 7 N–H and O–H groups in total. The van der Waals surface area contributed by atoms with Crippen molar-refractivity contribution in [2.45, 2.75) is 84.0 Å². The minimum Gasteiger partial charge on any atom is -0.481 e. The van der Waals surface area contributed by atoms with Gasteiger partial charge >= 0.3 is 11.9 Å². The molecule has 0 heterocycles. The quantitative estimate of drug-likeness (QED) is 0.315. The van der Waals surface area contributed by atoms with E-state index < -0.39 is 5.97 Å². The third-order valence-corrected chi connectivity index (χ3v) is 3.28. The van der Waals surface area contributed by atoms with Crippen molar-refractivity contribution in [2.75, 3.05) is 6.61 Å². The molecule has 0 atom stereocenters. The molecule has 0 radical (unpaired) electrons. The van der Waals surface area contributed by atoms with Crippen LogP contribution >= 0.6 is 0 Å². The van der Waals surface area contributed by atoms with E-state index in [1.54, 1.807) is 0 Å². The molecule has 0 aromatic heterocycles. The largest absolute Gasteiger partial charge is 0.481 e. The predicted molar refractivity (Wildman–Crippen MR) is 89.7 cm³/mol. The molecule has 6 heteroatoms. The van der Waals surface area contributed by atoms with Crippen LogP contribution in [0.4, 0.5) is 0 Å². The Morgan fingerprint density at radius 3 is 1.82 bits per heavy atom. The minimum atomic E-state index is -0.716. The van der Waals surface area contributed by atoms with Crippen LogP contribution in [0.15, 0.2) is 0 Å². The van der Waals surface area contributed by atoms with Gasteiger partial charge in [-0.15, -0.1) is 0 Å². The summed E-state index contributed by atoms with van der Waals surface area (Å²) in [5.41, 5.74) is 0. The van der Waals surface area contributed by atoms with Crippen molar-refractivity contribution < 1.29 is 19.4 Å². The van der Waals surface area contributed by atoms with Crippen LogP contribution < -0.4 is 12.3 Å². The molecular weight excluding hydrogens is 284 g/mol. The maximum Gasteiger partial charge on any atom is 0.305 e. The van der Waals surface area contributed by atoms with Crippen molar-refractivity contribution in [1.82, 2.24) is 12.3 Å². The highest BCUT2D eigenvalue weighted by atomic mass is 16.5. The molecule has 0 unspecified atom stereocenters. The van der Waals surface area contributed by atoms with E-state index in [9.17, 15) is 9.59 Å². The van der Waals surface area contributed by atoms with Crippen LogP contribution in [0.1, 0.15) is 84.0 Å². The van der Waals surface area contributed by atoms with E-state index in [2.05, 4.69) is 6.92 Å². The minimum absolute atomic E-state index is 0. The van der Waals surface area contributed by atoms with Gasteiger partial charge in [0, 0.05) is 12.8 Å². The lowest BCUT2D eigenvalue weighted by Crippen LogP contribution is -2.05. The number of esters is 1. The van der Waals surface area contributed by atoms with Crippen LogP contribution in [0.25, 0.3) is 0 Å². The maximum atomic E-state index is 11.4. The van der Waals surface area contributed by atoms with Crippen molar-refractivity contribution in [3.63, 3.8) is 0 Å². The van der Waals surface area contributed by atoms with Gasteiger partial charge in [0.05, 0.1) is 6.61 Å². The zero-order chi connectivity index (χ0) is 15.1. The second-order valence-electron chi connectivity index (χ2n) is 5.30. The van der Waals surface area contributed by atoms with Gasteiger partial charge in [-0.2, -0.15) is 0 Å². The van der Waals surface area contributed by atoms with Gasteiger partial charge in [0.25, 0.3) is 0 Å². The third-order valence-electron chi connectivity index (χ3n) is 3.28. The Labute approximate surface area is 135 Å². The number of carboxylic acids is 1. The first kappa shape index (κ1) is 25.8. The molecular formula is C16H36N2O4. The van der Waals surface area contributed by atoms with E-state index in [-0.39, 0.29) is 24.7 Å². The molecule has 0 spiro atoms. The Balaban J connectivity index is -0.00000180. The first-order chi connectivity index (χ1) is 9.66. The Morgan fingerprint density at radius 1 is 0.773 bits per heavy atom. The summed E-state index contributed by atoms with van der Waals surface area (Å²) in [5, 5.41) is 8.48. The van der Waals surface area contributed by atoms with Gasteiger partial charge in [-0.1, -0.05) is 51.9 Å². The summed E-state index contributed by atoms with van der Waals surface area (Å²) >= 11 is 0. The molecule has 0 saturated heterocycles. The number of unbranched alkanes of at least 4 members (excludes halogenated alkanes) is 8. The summed E-state index contributed by atoms with van der Waals surface area (Å²) in [6.45, 7) is 2.72. The number of hydrogen-bond donors (Lipinski definition) is 3. The molecule has 0 aliphatic heterocycles. The zero-order valence-electron chi connectivity index (χ0n) is 14.3. The third kappa shape index (κ3) is 21.2. The number of hydrogen-bond acceptors (Lipinski definition) is 5. The molecule has 6 nitrogen and oxygen atoms in total. The van der Waals surface area contributed by atoms with Gasteiger partial charge in [-0.05, 0) is 19.3 Å². The van der Waals surface area contributed by atoms with Crippen LogP contribution in [0.5, 0.6) is 0 Å². The normalized spacial score (nSPS) is 9.50. The Kier molecular flexibility index (Phi) is 23.3. The number of aliphatic carboxylic acids is 1. The van der Waals surface area contributed by atoms with Crippen molar-refractivity contribution in [3.8, 4) is 0 Å². The smallest absolute Gasteiger partial charge is 0.305 e. The fraction of sp³-hybridized carbons (Fsp3) is 0.875. The summed E-state index contributed by atoms with van der Waals surface area (Å²) in [7, 11) is 0. The summed E-state index contributed by atoms with van der Waals surface area (Å²) in [6, 6.07) is 0. The van der Waals surface area contributed by atoms with Gasteiger partial charge in [-0.25, -0.2) is 0 Å². The molecule has 0 aliphatic rings. The van der Waals surface area contributed by atoms with Crippen molar-refractivity contribution >= 4 is 11.9 Å². The van der Waals surface area contributed by atoms with E-state index >= 15 is 0 Å². The van der Waals surface area contributed by atoms with Gasteiger partial charge in [0.2, 0.25) is 0 Å². The van der Waals surface area contributed by atoms with E-state index in [4.69, 9.17) is 9.84 Å². The van der Waals surface area contributed by atoms with E-state index in [0.29, 0.717) is 13.0 Å².